The van der Waals surface area contributed by atoms with E-state index >= 15 is 0 Å². The number of benzene rings is 2. The van der Waals surface area contributed by atoms with Crippen molar-refractivity contribution in [3.63, 3.8) is 0 Å². The molecular weight excluding hydrogens is 266 g/mol. The first-order chi connectivity index (χ1) is 10.2. The summed E-state index contributed by atoms with van der Waals surface area (Å²) in [6.45, 7) is 0. The van der Waals surface area contributed by atoms with Gasteiger partial charge in [-0.1, -0.05) is 29.4 Å². The minimum Gasteiger partial charge on any atom is -0.410 e. The number of ketones is 1. The fourth-order valence-electron chi connectivity index (χ4n) is 2.85. The Labute approximate surface area is 120 Å². The number of rotatable bonds is 0. The minimum atomic E-state index is -0.0989. The van der Waals surface area contributed by atoms with E-state index in [0.717, 1.165) is 10.8 Å². The van der Waals surface area contributed by atoms with E-state index in [2.05, 4.69) is 10.1 Å². The van der Waals surface area contributed by atoms with Crippen LogP contribution in [-0.4, -0.2) is 26.3 Å². The van der Waals surface area contributed by atoms with Gasteiger partial charge in [0.05, 0.1) is 6.33 Å². The first-order valence-corrected chi connectivity index (χ1v) is 6.52. The van der Waals surface area contributed by atoms with E-state index in [1.165, 1.54) is 0 Å². The van der Waals surface area contributed by atoms with Gasteiger partial charge in [0.2, 0.25) is 5.78 Å². The molecule has 0 amide bonds. The highest BCUT2D eigenvalue weighted by atomic mass is 16.4. The quantitative estimate of drug-likeness (QED) is 0.396. The van der Waals surface area contributed by atoms with Gasteiger partial charge >= 0.3 is 0 Å². The Balaban J connectivity index is 2.11. The van der Waals surface area contributed by atoms with Crippen molar-refractivity contribution >= 4 is 22.3 Å². The lowest BCUT2D eigenvalue weighted by atomic mass is 9.87. The highest BCUT2D eigenvalue weighted by Gasteiger charge is 2.32. The summed E-state index contributed by atoms with van der Waals surface area (Å²) in [6, 6.07) is 11.5. The average Bonchev–Trinajstić information content (AvgIpc) is 2.88. The Morgan fingerprint density at radius 1 is 1.14 bits per heavy atom. The second-order valence-corrected chi connectivity index (χ2v) is 5.08. The van der Waals surface area contributed by atoms with E-state index in [-0.39, 0.29) is 5.78 Å². The summed E-state index contributed by atoms with van der Waals surface area (Å²) in [4.78, 5) is 16.9. The third-order valence-corrected chi connectivity index (χ3v) is 3.86. The lowest BCUT2D eigenvalue weighted by Gasteiger charge is -2.17. The number of imidazole rings is 1. The third-order valence-electron chi connectivity index (χ3n) is 3.86. The van der Waals surface area contributed by atoms with Gasteiger partial charge in [-0.25, -0.2) is 4.98 Å². The van der Waals surface area contributed by atoms with Crippen LogP contribution < -0.4 is 0 Å². The molecule has 1 aliphatic carbocycles. The highest BCUT2D eigenvalue weighted by molar-refractivity contribution is 6.29. The largest absolute Gasteiger partial charge is 0.410 e. The van der Waals surface area contributed by atoms with E-state index < -0.39 is 0 Å². The number of aromatic nitrogens is 2. The van der Waals surface area contributed by atoms with Crippen LogP contribution in [0.15, 0.2) is 47.9 Å². The number of nitrogens with zero attached hydrogens (tertiary/aromatic N) is 3. The van der Waals surface area contributed by atoms with Gasteiger partial charge < -0.3 is 9.77 Å². The van der Waals surface area contributed by atoms with E-state index in [0.29, 0.717) is 28.2 Å². The Hall–Kier alpha value is -2.95. The van der Waals surface area contributed by atoms with Crippen LogP contribution in [0.3, 0.4) is 0 Å². The minimum absolute atomic E-state index is 0.0989. The number of hydrogen-bond donors (Lipinski definition) is 1. The summed E-state index contributed by atoms with van der Waals surface area (Å²) in [7, 11) is 1.75. The van der Waals surface area contributed by atoms with Crippen LogP contribution in [0.4, 0.5) is 0 Å². The van der Waals surface area contributed by atoms with Crippen molar-refractivity contribution in [2.45, 2.75) is 0 Å². The molecule has 3 aromatic rings. The van der Waals surface area contributed by atoms with Crippen LogP contribution in [-0.2, 0) is 7.05 Å². The number of fused-ring (bicyclic) bond motifs is 3. The molecule has 0 unspecified atom stereocenters. The van der Waals surface area contributed by atoms with Crippen LogP contribution in [0, 0.1) is 0 Å². The van der Waals surface area contributed by atoms with E-state index in [9.17, 15) is 10.0 Å². The number of aryl methyl sites for hydroxylation is 1. The monoisotopic (exact) mass is 277 g/mol. The summed E-state index contributed by atoms with van der Waals surface area (Å²) in [5.74, 6) is -0.0989. The molecule has 5 heteroatoms. The second-order valence-electron chi connectivity index (χ2n) is 5.08. The molecule has 0 spiro atoms. The van der Waals surface area contributed by atoms with E-state index in [1.807, 2.05) is 36.4 Å². The SMILES string of the molecule is Cn1cnc2c1C(=O)c1cc3ccccc3cc1/C2=N\O. The average molecular weight is 277 g/mol. The Bertz CT molecular complexity index is 938. The van der Waals surface area contributed by atoms with Gasteiger partial charge in [-0.05, 0) is 22.9 Å². The molecule has 2 aromatic carbocycles. The van der Waals surface area contributed by atoms with Gasteiger partial charge in [0, 0.05) is 18.2 Å². The van der Waals surface area contributed by atoms with Crippen LogP contribution in [0.1, 0.15) is 27.3 Å². The normalized spacial score (nSPS) is 15.3. The first-order valence-electron chi connectivity index (χ1n) is 6.52. The van der Waals surface area contributed by atoms with Crippen LogP contribution in [0.2, 0.25) is 0 Å². The second kappa shape index (κ2) is 4.02. The van der Waals surface area contributed by atoms with Gasteiger partial charge in [-0.15, -0.1) is 0 Å². The van der Waals surface area contributed by atoms with E-state index in [4.69, 9.17) is 0 Å². The Morgan fingerprint density at radius 2 is 1.81 bits per heavy atom. The predicted molar refractivity (Wildman–Crippen MR) is 78.0 cm³/mol. The first kappa shape index (κ1) is 11.8. The van der Waals surface area contributed by atoms with Gasteiger partial charge in [0.1, 0.15) is 17.1 Å². The van der Waals surface area contributed by atoms with Crippen LogP contribution >= 0.6 is 0 Å². The fourth-order valence-corrected chi connectivity index (χ4v) is 2.85. The smallest absolute Gasteiger partial charge is 0.212 e. The topological polar surface area (TPSA) is 67.5 Å². The molecule has 1 heterocycles. The van der Waals surface area contributed by atoms with E-state index in [1.54, 1.807) is 17.9 Å². The van der Waals surface area contributed by atoms with Crippen molar-refractivity contribution in [1.82, 2.24) is 9.55 Å². The van der Waals surface area contributed by atoms with Crippen molar-refractivity contribution < 1.29 is 10.0 Å². The highest BCUT2D eigenvalue weighted by Crippen LogP contribution is 2.30. The molecule has 1 aliphatic rings. The zero-order valence-corrected chi connectivity index (χ0v) is 11.2. The molecule has 4 rings (SSSR count). The van der Waals surface area contributed by atoms with Crippen molar-refractivity contribution in [2.75, 3.05) is 0 Å². The van der Waals surface area contributed by atoms with Crippen molar-refractivity contribution in [3.05, 3.63) is 65.2 Å². The number of carbonyl (C=O) groups is 1. The molecule has 21 heavy (non-hydrogen) atoms. The Morgan fingerprint density at radius 3 is 2.48 bits per heavy atom. The predicted octanol–water partition coefficient (Wildman–Crippen LogP) is 2.34. The van der Waals surface area contributed by atoms with Gasteiger partial charge in [-0.2, -0.15) is 0 Å². The summed E-state index contributed by atoms with van der Waals surface area (Å²) in [5, 5.41) is 14.7. The molecule has 0 aliphatic heterocycles. The molecule has 0 saturated heterocycles. The molecule has 0 radical (unpaired) electrons. The molecule has 0 saturated carbocycles. The van der Waals surface area contributed by atoms with Crippen LogP contribution in [0.5, 0.6) is 0 Å². The molecule has 0 bridgehead atoms. The molecule has 0 atom stereocenters. The zero-order chi connectivity index (χ0) is 14.6. The van der Waals surface area contributed by atoms with Crippen molar-refractivity contribution in [2.24, 2.45) is 12.2 Å². The summed E-state index contributed by atoms with van der Waals surface area (Å²) >= 11 is 0. The van der Waals surface area contributed by atoms with Crippen molar-refractivity contribution in [1.29, 1.82) is 0 Å². The number of oxime groups is 1. The number of hydrogen-bond acceptors (Lipinski definition) is 4. The maximum Gasteiger partial charge on any atom is 0.212 e. The van der Waals surface area contributed by atoms with Gasteiger partial charge in [0.15, 0.2) is 0 Å². The molecular formula is C16H11N3O2. The van der Waals surface area contributed by atoms with Gasteiger partial charge in [-0.3, -0.25) is 4.79 Å². The summed E-state index contributed by atoms with van der Waals surface area (Å²) in [6.07, 6.45) is 1.55. The molecule has 1 aromatic heterocycles. The standard InChI is InChI=1S/C16H11N3O2/c1-19-8-17-14-13(18-21)11-6-9-4-2-3-5-10(9)7-12(11)16(20)15(14)19/h2-8,21H,1H3/b18-13+. The van der Waals surface area contributed by atoms with Crippen LogP contribution in [0.25, 0.3) is 10.8 Å². The summed E-state index contributed by atoms with van der Waals surface area (Å²) < 4.78 is 1.65. The van der Waals surface area contributed by atoms with Gasteiger partial charge in [0.25, 0.3) is 0 Å². The zero-order valence-electron chi connectivity index (χ0n) is 11.2. The number of carbonyl (C=O) groups excluding carboxylic acids is 1. The lowest BCUT2D eigenvalue weighted by Crippen LogP contribution is -2.23. The Kier molecular flexibility index (Phi) is 2.27. The third kappa shape index (κ3) is 1.48. The van der Waals surface area contributed by atoms with Crippen molar-refractivity contribution in [3.8, 4) is 0 Å². The maximum atomic E-state index is 12.7. The molecule has 102 valence electrons. The molecule has 1 N–H and O–H groups in total. The summed E-state index contributed by atoms with van der Waals surface area (Å²) in [5.41, 5.74) is 2.37. The lowest BCUT2D eigenvalue weighted by molar-refractivity contribution is 0.103. The molecule has 5 nitrogen and oxygen atoms in total. The molecule has 0 fully saturated rings. The fraction of sp³-hybridized carbons (Fsp3) is 0.0625. The maximum absolute atomic E-state index is 12.7.